The highest BCUT2D eigenvalue weighted by Gasteiger charge is 2.40. The van der Waals surface area contributed by atoms with Crippen LogP contribution in [-0.4, -0.2) is 55.4 Å². The van der Waals surface area contributed by atoms with Crippen LogP contribution in [0.4, 0.5) is 18.0 Å². The fourth-order valence-corrected chi connectivity index (χ4v) is 3.01. The average Bonchev–Trinajstić information content (AvgIpc) is 2.60. The van der Waals surface area contributed by atoms with Gasteiger partial charge in [0.25, 0.3) is 0 Å². The Labute approximate surface area is 155 Å². The predicted octanol–water partition coefficient (Wildman–Crippen LogP) is 2.73. The molecule has 0 radical (unpaired) electrons. The summed E-state index contributed by atoms with van der Waals surface area (Å²) in [5.74, 6) is -1.24. The summed E-state index contributed by atoms with van der Waals surface area (Å²) in [6.45, 7) is 0.721. The van der Waals surface area contributed by atoms with Crippen molar-refractivity contribution in [3.63, 3.8) is 0 Å². The van der Waals surface area contributed by atoms with E-state index >= 15 is 0 Å². The Bertz CT molecular complexity index is 625. The van der Waals surface area contributed by atoms with E-state index in [4.69, 9.17) is 9.47 Å². The minimum absolute atomic E-state index is 0.0235. The number of carbonyl (C=O) groups excluding carboxylic acids is 2. The number of benzene rings is 1. The normalized spacial score (nSPS) is 20.7. The van der Waals surface area contributed by atoms with E-state index in [0.29, 0.717) is 0 Å². The molecule has 0 unspecified atom stereocenters. The molecule has 1 aliphatic rings. The Balaban J connectivity index is 1.97. The largest absolute Gasteiger partial charge is 0.466 e. The van der Waals surface area contributed by atoms with E-state index in [1.807, 2.05) is 6.07 Å². The van der Waals surface area contributed by atoms with Crippen LogP contribution in [0.15, 0.2) is 30.3 Å². The summed E-state index contributed by atoms with van der Waals surface area (Å²) in [6, 6.07) is 8.15. The summed E-state index contributed by atoms with van der Waals surface area (Å²) < 4.78 is 48.1. The van der Waals surface area contributed by atoms with E-state index in [1.54, 1.807) is 31.2 Å². The minimum atomic E-state index is -4.35. The average molecular weight is 388 g/mol. The Morgan fingerprint density at radius 1 is 1.22 bits per heavy atom. The van der Waals surface area contributed by atoms with Crippen LogP contribution in [0.5, 0.6) is 0 Å². The summed E-state index contributed by atoms with van der Waals surface area (Å²) in [5.41, 5.74) is 0.775. The molecule has 27 heavy (non-hydrogen) atoms. The van der Waals surface area contributed by atoms with E-state index in [0.717, 1.165) is 10.5 Å². The molecule has 150 valence electrons. The van der Waals surface area contributed by atoms with Crippen molar-refractivity contribution in [2.45, 2.75) is 32.2 Å². The molecule has 1 heterocycles. The van der Waals surface area contributed by atoms with Crippen molar-refractivity contribution in [2.75, 3.05) is 26.2 Å². The molecule has 1 fully saturated rings. The number of alkyl halides is 3. The van der Waals surface area contributed by atoms with Crippen molar-refractivity contribution in [3.05, 3.63) is 35.9 Å². The maximum Gasteiger partial charge on any atom is 0.407 e. The second kappa shape index (κ2) is 9.59. The van der Waals surface area contributed by atoms with Crippen molar-refractivity contribution < 1.29 is 32.2 Å². The first kappa shape index (κ1) is 21.0. The van der Waals surface area contributed by atoms with Crippen molar-refractivity contribution >= 4 is 12.1 Å². The summed E-state index contributed by atoms with van der Waals surface area (Å²) in [5, 5.41) is 2.52. The van der Waals surface area contributed by atoms with Gasteiger partial charge in [-0.3, -0.25) is 9.69 Å². The van der Waals surface area contributed by atoms with Crippen LogP contribution in [-0.2, 0) is 20.9 Å². The van der Waals surface area contributed by atoms with Crippen molar-refractivity contribution in [1.82, 2.24) is 10.2 Å². The van der Waals surface area contributed by atoms with Crippen molar-refractivity contribution in [1.29, 1.82) is 0 Å². The molecule has 0 spiro atoms. The highest BCUT2D eigenvalue weighted by molar-refractivity contribution is 5.75. The van der Waals surface area contributed by atoms with Crippen LogP contribution in [0.1, 0.15) is 18.9 Å². The number of nitrogens with one attached hydrogen (secondary N) is 1. The Morgan fingerprint density at radius 3 is 2.56 bits per heavy atom. The number of ether oxygens (including phenoxy) is 2. The van der Waals surface area contributed by atoms with Gasteiger partial charge in [-0.15, -0.1) is 0 Å². The Morgan fingerprint density at radius 2 is 1.93 bits per heavy atom. The standard InChI is InChI=1S/C18H23F3N2O4/c1-2-26-16(24)14-8-9-23(12-18(19,20)21)10-15(14)22-17(25)27-11-13-6-4-3-5-7-13/h3-7,14-15H,2,8-12H2,1H3,(H,22,25)/t14-,15+/m1/s1. The second-order valence-corrected chi connectivity index (χ2v) is 6.31. The first-order valence-electron chi connectivity index (χ1n) is 8.71. The molecule has 0 aromatic heterocycles. The van der Waals surface area contributed by atoms with Crippen LogP contribution < -0.4 is 5.32 Å². The Kier molecular flexibility index (Phi) is 7.46. The molecular weight excluding hydrogens is 365 g/mol. The third kappa shape index (κ3) is 7.09. The number of halogens is 3. The number of esters is 1. The van der Waals surface area contributed by atoms with Gasteiger partial charge in [-0.2, -0.15) is 13.2 Å². The van der Waals surface area contributed by atoms with Gasteiger partial charge in [-0.05, 0) is 25.5 Å². The molecule has 2 rings (SSSR count). The molecule has 6 nitrogen and oxygen atoms in total. The molecule has 2 atom stereocenters. The van der Waals surface area contributed by atoms with Gasteiger partial charge < -0.3 is 14.8 Å². The van der Waals surface area contributed by atoms with Gasteiger partial charge in [0.05, 0.1) is 25.1 Å². The zero-order chi connectivity index (χ0) is 19.9. The first-order chi connectivity index (χ1) is 12.8. The van der Waals surface area contributed by atoms with Gasteiger partial charge in [-0.25, -0.2) is 4.79 Å². The van der Waals surface area contributed by atoms with E-state index in [1.165, 1.54) is 0 Å². The van der Waals surface area contributed by atoms with Crippen LogP contribution >= 0.6 is 0 Å². The number of amides is 1. The molecule has 0 bridgehead atoms. The van der Waals surface area contributed by atoms with E-state index in [-0.39, 0.29) is 32.7 Å². The topological polar surface area (TPSA) is 67.9 Å². The maximum atomic E-state index is 12.7. The fraction of sp³-hybridized carbons (Fsp3) is 0.556. The minimum Gasteiger partial charge on any atom is -0.466 e. The predicted molar refractivity (Wildman–Crippen MR) is 90.8 cm³/mol. The van der Waals surface area contributed by atoms with Gasteiger partial charge in [0, 0.05) is 6.54 Å². The molecule has 1 N–H and O–H groups in total. The first-order valence-corrected chi connectivity index (χ1v) is 8.71. The molecule has 1 aliphatic heterocycles. The summed E-state index contributed by atoms with van der Waals surface area (Å²) >= 11 is 0. The number of likely N-dealkylation sites (tertiary alicyclic amines) is 1. The molecule has 9 heteroatoms. The van der Waals surface area contributed by atoms with E-state index < -0.39 is 36.7 Å². The lowest BCUT2D eigenvalue weighted by atomic mass is 9.91. The number of alkyl carbamates (subject to hydrolysis) is 1. The molecule has 1 saturated heterocycles. The maximum absolute atomic E-state index is 12.7. The number of nitrogens with zero attached hydrogens (tertiary/aromatic N) is 1. The van der Waals surface area contributed by atoms with Gasteiger partial charge in [-0.1, -0.05) is 30.3 Å². The fourth-order valence-electron chi connectivity index (χ4n) is 3.01. The van der Waals surface area contributed by atoms with Gasteiger partial charge in [0.1, 0.15) is 6.61 Å². The lowest BCUT2D eigenvalue weighted by molar-refractivity contribution is -0.157. The van der Waals surface area contributed by atoms with Gasteiger partial charge >= 0.3 is 18.2 Å². The van der Waals surface area contributed by atoms with Gasteiger partial charge in [0.15, 0.2) is 0 Å². The lowest BCUT2D eigenvalue weighted by Gasteiger charge is -2.37. The number of piperidine rings is 1. The quantitative estimate of drug-likeness (QED) is 0.759. The monoisotopic (exact) mass is 388 g/mol. The van der Waals surface area contributed by atoms with E-state index in [2.05, 4.69) is 5.32 Å². The van der Waals surface area contributed by atoms with E-state index in [9.17, 15) is 22.8 Å². The third-order valence-corrected chi connectivity index (χ3v) is 4.21. The van der Waals surface area contributed by atoms with Crippen LogP contribution in [0.2, 0.25) is 0 Å². The second-order valence-electron chi connectivity index (χ2n) is 6.31. The highest BCUT2D eigenvalue weighted by atomic mass is 19.4. The SMILES string of the molecule is CCOC(=O)[C@@H]1CCN(CC(F)(F)F)C[C@@H]1NC(=O)OCc1ccccc1. The van der Waals surface area contributed by atoms with Crippen LogP contribution in [0.25, 0.3) is 0 Å². The highest BCUT2D eigenvalue weighted by Crippen LogP contribution is 2.24. The zero-order valence-electron chi connectivity index (χ0n) is 15.0. The summed E-state index contributed by atoms with van der Waals surface area (Å²) in [6.07, 6.45) is -4.97. The molecule has 0 saturated carbocycles. The summed E-state index contributed by atoms with van der Waals surface area (Å²) in [4.78, 5) is 25.3. The molecule has 0 aliphatic carbocycles. The van der Waals surface area contributed by atoms with Crippen LogP contribution in [0, 0.1) is 5.92 Å². The van der Waals surface area contributed by atoms with Crippen LogP contribution in [0.3, 0.4) is 0 Å². The Hall–Kier alpha value is -2.29. The third-order valence-electron chi connectivity index (χ3n) is 4.21. The van der Waals surface area contributed by atoms with Crippen molar-refractivity contribution in [3.8, 4) is 0 Å². The smallest absolute Gasteiger partial charge is 0.407 e. The molecule has 1 amide bonds. The lowest BCUT2D eigenvalue weighted by Crippen LogP contribution is -2.56. The number of carbonyl (C=O) groups is 2. The zero-order valence-corrected chi connectivity index (χ0v) is 15.0. The van der Waals surface area contributed by atoms with Gasteiger partial charge in [0.2, 0.25) is 0 Å². The number of hydrogen-bond acceptors (Lipinski definition) is 5. The summed E-state index contributed by atoms with van der Waals surface area (Å²) in [7, 11) is 0. The molecular formula is C18H23F3N2O4. The molecule has 1 aromatic rings. The number of rotatable bonds is 6. The molecule has 1 aromatic carbocycles. The number of hydrogen-bond donors (Lipinski definition) is 1. The van der Waals surface area contributed by atoms with Crippen molar-refractivity contribution in [2.24, 2.45) is 5.92 Å².